The molecule has 2 rings (SSSR count). The van der Waals surface area contributed by atoms with Gasteiger partial charge in [-0.2, -0.15) is 0 Å². The third-order valence-corrected chi connectivity index (χ3v) is 1.13. The summed E-state index contributed by atoms with van der Waals surface area (Å²) in [4.78, 5) is 7.57. The number of nitrogens with zero attached hydrogens (tertiary/aromatic N) is 2. The van der Waals surface area contributed by atoms with E-state index in [9.17, 15) is 0 Å². The number of pyridine rings is 2. The average Bonchev–Trinajstić information content (AvgIpc) is 2.24. The normalized spacial score (nSPS) is 6.00. The smallest absolute Gasteiger partial charge is 0.0267 e. The zero-order valence-corrected chi connectivity index (χ0v) is 12.1. The molecule has 0 amide bonds. The van der Waals surface area contributed by atoms with Crippen molar-refractivity contribution in [2.75, 3.05) is 0 Å². The van der Waals surface area contributed by atoms with Crippen molar-refractivity contribution in [2.24, 2.45) is 0 Å². The third-order valence-electron chi connectivity index (χ3n) is 1.13. The summed E-state index contributed by atoms with van der Waals surface area (Å²) in [6.45, 7) is 0. The van der Waals surface area contributed by atoms with Gasteiger partial charge in [0.05, 0.1) is 0 Å². The molecular formula is C12H20I2N2. The SMILES string of the molecule is C.C.I.I.c1ccncc1.c1ccncc1. The monoisotopic (exact) mass is 446 g/mol. The van der Waals surface area contributed by atoms with E-state index in [4.69, 9.17) is 0 Å². The van der Waals surface area contributed by atoms with Crippen molar-refractivity contribution in [1.29, 1.82) is 0 Å². The molecule has 0 aliphatic heterocycles. The molecule has 0 aliphatic carbocycles. The van der Waals surface area contributed by atoms with Gasteiger partial charge in [-0.15, -0.1) is 48.0 Å². The number of rotatable bonds is 0. The van der Waals surface area contributed by atoms with Crippen LogP contribution in [-0.2, 0) is 0 Å². The van der Waals surface area contributed by atoms with E-state index in [0.717, 1.165) is 0 Å². The average molecular weight is 446 g/mol. The quantitative estimate of drug-likeness (QED) is 0.550. The van der Waals surface area contributed by atoms with Crippen LogP contribution in [-0.4, -0.2) is 9.97 Å². The van der Waals surface area contributed by atoms with Gasteiger partial charge in [-0.05, 0) is 24.3 Å². The van der Waals surface area contributed by atoms with Crippen LogP contribution in [0, 0.1) is 0 Å². The summed E-state index contributed by atoms with van der Waals surface area (Å²) in [7, 11) is 0. The summed E-state index contributed by atoms with van der Waals surface area (Å²) in [6, 6.07) is 11.4. The number of aromatic nitrogens is 2. The second-order valence-electron chi connectivity index (χ2n) is 2.05. The first-order valence-corrected chi connectivity index (χ1v) is 3.70. The lowest BCUT2D eigenvalue weighted by Gasteiger charge is -1.70. The summed E-state index contributed by atoms with van der Waals surface area (Å²) in [6.07, 6.45) is 7.00. The van der Waals surface area contributed by atoms with Crippen LogP contribution in [0.25, 0.3) is 0 Å². The van der Waals surface area contributed by atoms with E-state index in [-0.39, 0.29) is 62.8 Å². The Labute approximate surface area is 133 Å². The number of halogens is 2. The Hall–Kier alpha value is -0.240. The Bertz CT molecular complexity index is 192. The second-order valence-corrected chi connectivity index (χ2v) is 2.05. The molecule has 4 heteroatoms. The van der Waals surface area contributed by atoms with Crippen molar-refractivity contribution >= 4 is 48.0 Å². The van der Waals surface area contributed by atoms with E-state index in [1.165, 1.54) is 0 Å². The van der Waals surface area contributed by atoms with Gasteiger partial charge in [-0.3, -0.25) is 9.97 Å². The predicted octanol–water partition coefficient (Wildman–Crippen LogP) is 4.67. The molecular weight excluding hydrogens is 426 g/mol. The van der Waals surface area contributed by atoms with Gasteiger partial charge in [0.2, 0.25) is 0 Å². The zero-order valence-electron chi connectivity index (χ0n) is 7.48. The molecule has 2 aromatic rings. The van der Waals surface area contributed by atoms with Gasteiger partial charge in [-0.1, -0.05) is 27.0 Å². The molecule has 2 heterocycles. The summed E-state index contributed by atoms with van der Waals surface area (Å²) >= 11 is 0. The fourth-order valence-corrected chi connectivity index (χ4v) is 0.625. The van der Waals surface area contributed by atoms with Crippen LogP contribution in [0.3, 0.4) is 0 Å². The lowest BCUT2D eigenvalue weighted by molar-refractivity contribution is 1.33. The van der Waals surface area contributed by atoms with Crippen LogP contribution in [0.15, 0.2) is 61.2 Å². The van der Waals surface area contributed by atoms with Gasteiger partial charge >= 0.3 is 0 Å². The highest BCUT2D eigenvalue weighted by molar-refractivity contribution is 14.0. The molecule has 0 saturated heterocycles. The van der Waals surface area contributed by atoms with Crippen molar-refractivity contribution in [2.45, 2.75) is 14.9 Å². The fourth-order valence-electron chi connectivity index (χ4n) is 0.625. The number of hydrogen-bond donors (Lipinski definition) is 0. The van der Waals surface area contributed by atoms with E-state index < -0.39 is 0 Å². The Kier molecular flexibility index (Phi) is 31.4. The van der Waals surface area contributed by atoms with Crippen molar-refractivity contribution < 1.29 is 0 Å². The molecule has 0 radical (unpaired) electrons. The van der Waals surface area contributed by atoms with Crippen molar-refractivity contribution in [3.8, 4) is 0 Å². The Morgan fingerprint density at radius 1 is 0.438 bits per heavy atom. The molecule has 0 aliphatic rings. The molecule has 0 atom stereocenters. The van der Waals surface area contributed by atoms with Gasteiger partial charge in [0.15, 0.2) is 0 Å². The molecule has 0 N–H and O–H groups in total. The summed E-state index contributed by atoms with van der Waals surface area (Å²) in [5.41, 5.74) is 0. The van der Waals surface area contributed by atoms with Crippen molar-refractivity contribution in [3.05, 3.63) is 61.2 Å². The third kappa shape index (κ3) is 16.2. The van der Waals surface area contributed by atoms with E-state index in [2.05, 4.69) is 9.97 Å². The Morgan fingerprint density at radius 3 is 0.750 bits per heavy atom. The lowest BCUT2D eigenvalue weighted by Crippen LogP contribution is -1.58. The summed E-state index contributed by atoms with van der Waals surface area (Å²) in [5.74, 6) is 0. The van der Waals surface area contributed by atoms with Gasteiger partial charge < -0.3 is 0 Å². The van der Waals surface area contributed by atoms with Gasteiger partial charge in [-0.25, -0.2) is 0 Å². The van der Waals surface area contributed by atoms with E-state index in [1.54, 1.807) is 24.8 Å². The molecule has 0 spiro atoms. The minimum absolute atomic E-state index is 0. The molecule has 16 heavy (non-hydrogen) atoms. The van der Waals surface area contributed by atoms with Gasteiger partial charge in [0.1, 0.15) is 0 Å². The second kappa shape index (κ2) is 20.2. The molecule has 2 nitrogen and oxygen atoms in total. The molecule has 0 aromatic carbocycles. The van der Waals surface area contributed by atoms with Crippen LogP contribution in [0.1, 0.15) is 14.9 Å². The first-order valence-electron chi connectivity index (χ1n) is 3.70. The van der Waals surface area contributed by atoms with Gasteiger partial charge in [0.25, 0.3) is 0 Å². The van der Waals surface area contributed by atoms with E-state index in [1.807, 2.05) is 36.4 Å². The maximum Gasteiger partial charge on any atom is 0.0267 e. The first kappa shape index (κ1) is 24.8. The molecule has 2 aromatic heterocycles. The Balaban J connectivity index is -0.0000000720. The van der Waals surface area contributed by atoms with Crippen LogP contribution in [0.2, 0.25) is 0 Å². The minimum Gasteiger partial charge on any atom is -0.265 e. The van der Waals surface area contributed by atoms with Crippen LogP contribution in [0.5, 0.6) is 0 Å². The van der Waals surface area contributed by atoms with Crippen LogP contribution in [0.4, 0.5) is 0 Å². The topological polar surface area (TPSA) is 25.8 Å². The Morgan fingerprint density at radius 2 is 0.688 bits per heavy atom. The predicted molar refractivity (Wildman–Crippen MR) is 92.8 cm³/mol. The first-order chi connectivity index (χ1) is 6.00. The van der Waals surface area contributed by atoms with Crippen molar-refractivity contribution in [3.63, 3.8) is 0 Å². The van der Waals surface area contributed by atoms with Gasteiger partial charge in [0, 0.05) is 24.8 Å². The summed E-state index contributed by atoms with van der Waals surface area (Å²) in [5, 5.41) is 0. The number of hydrogen-bond acceptors (Lipinski definition) is 2. The summed E-state index contributed by atoms with van der Waals surface area (Å²) < 4.78 is 0. The minimum atomic E-state index is 0. The standard InChI is InChI=1S/2C5H5N.2CH4.2HI/c2*1-2-4-6-5-3-1;;;;/h2*1-5H;2*1H4;2*1H. The molecule has 0 bridgehead atoms. The maximum absolute atomic E-state index is 3.78. The molecule has 0 saturated carbocycles. The van der Waals surface area contributed by atoms with Crippen LogP contribution >= 0.6 is 48.0 Å². The highest BCUT2D eigenvalue weighted by Crippen LogP contribution is 1.74. The maximum atomic E-state index is 3.78. The lowest BCUT2D eigenvalue weighted by atomic mass is 10.5. The molecule has 92 valence electrons. The van der Waals surface area contributed by atoms with E-state index >= 15 is 0 Å². The zero-order chi connectivity index (χ0) is 8.49. The highest BCUT2D eigenvalue weighted by Gasteiger charge is 1.59. The van der Waals surface area contributed by atoms with Crippen LogP contribution < -0.4 is 0 Å². The van der Waals surface area contributed by atoms with E-state index in [0.29, 0.717) is 0 Å². The largest absolute Gasteiger partial charge is 0.265 e. The van der Waals surface area contributed by atoms with Crippen molar-refractivity contribution in [1.82, 2.24) is 9.97 Å². The fraction of sp³-hybridized carbons (Fsp3) is 0.167. The molecule has 0 unspecified atom stereocenters. The highest BCUT2D eigenvalue weighted by atomic mass is 127. The molecule has 0 fully saturated rings.